The Labute approximate surface area is 175 Å². The zero-order chi connectivity index (χ0) is 20.8. The summed E-state index contributed by atoms with van der Waals surface area (Å²) in [6.07, 6.45) is 2.04. The van der Waals surface area contributed by atoms with Crippen LogP contribution in [-0.2, 0) is 7.05 Å². The maximum Gasteiger partial charge on any atom is 0.216 e. The molecule has 0 bridgehead atoms. The largest absolute Gasteiger partial charge is 0.454 e. The average molecular weight is 389 g/mol. The molecule has 3 heteroatoms. The van der Waals surface area contributed by atoms with Gasteiger partial charge in [0.15, 0.2) is 6.20 Å². The summed E-state index contributed by atoms with van der Waals surface area (Å²) >= 11 is 0. The fourth-order valence-electron chi connectivity index (χ4n) is 4.20. The highest BCUT2D eigenvalue weighted by Crippen LogP contribution is 2.41. The van der Waals surface area contributed by atoms with Crippen molar-refractivity contribution in [2.45, 2.75) is 13.8 Å². The number of aromatic nitrogens is 1. The summed E-state index contributed by atoms with van der Waals surface area (Å²) in [5.41, 5.74) is 8.60. The fraction of sp³-hybridized carbons (Fsp3) is 0.111. The zero-order valence-electron chi connectivity index (χ0n) is 17.2. The van der Waals surface area contributed by atoms with Crippen LogP contribution in [0.3, 0.4) is 0 Å². The highest BCUT2D eigenvalue weighted by atomic mass is 16.3. The van der Waals surface area contributed by atoms with E-state index < -0.39 is 0 Å². The van der Waals surface area contributed by atoms with Crippen molar-refractivity contribution in [2.75, 3.05) is 0 Å². The lowest BCUT2D eigenvalue weighted by atomic mass is 9.96. The molecule has 0 fully saturated rings. The summed E-state index contributed by atoms with van der Waals surface area (Å²) in [6.45, 7) is 4.17. The van der Waals surface area contributed by atoms with Crippen LogP contribution in [0.1, 0.15) is 16.7 Å². The molecule has 0 spiro atoms. The van der Waals surface area contributed by atoms with Crippen molar-refractivity contribution < 1.29 is 8.98 Å². The third-order valence-corrected chi connectivity index (χ3v) is 5.79. The van der Waals surface area contributed by atoms with Gasteiger partial charge in [-0.3, -0.25) is 0 Å². The van der Waals surface area contributed by atoms with E-state index in [-0.39, 0.29) is 0 Å². The minimum Gasteiger partial charge on any atom is -0.454 e. The predicted octanol–water partition coefficient (Wildman–Crippen LogP) is 6.23. The minimum atomic E-state index is 0.619. The number of pyridine rings is 1. The second kappa shape index (κ2) is 6.86. The van der Waals surface area contributed by atoms with Crippen LogP contribution >= 0.6 is 0 Å². The molecule has 0 unspecified atom stereocenters. The number of hydrogen-bond donors (Lipinski definition) is 0. The SMILES string of the molecule is Cc1ccc(-c2c(C#N)ccc3c2oc2c(-c4cccc[n+]4C)c(C)ccc23)cc1. The van der Waals surface area contributed by atoms with Crippen LogP contribution in [0.4, 0.5) is 0 Å². The van der Waals surface area contributed by atoms with Gasteiger partial charge in [0.2, 0.25) is 5.69 Å². The van der Waals surface area contributed by atoms with E-state index >= 15 is 0 Å². The van der Waals surface area contributed by atoms with Crippen molar-refractivity contribution in [2.24, 2.45) is 7.05 Å². The van der Waals surface area contributed by atoms with Gasteiger partial charge in [-0.1, -0.05) is 42.0 Å². The van der Waals surface area contributed by atoms with E-state index in [0.717, 1.165) is 49.9 Å². The van der Waals surface area contributed by atoms with Crippen LogP contribution in [0, 0.1) is 25.2 Å². The van der Waals surface area contributed by atoms with Gasteiger partial charge in [-0.2, -0.15) is 5.26 Å². The summed E-state index contributed by atoms with van der Waals surface area (Å²) in [5, 5.41) is 11.9. The van der Waals surface area contributed by atoms with Crippen molar-refractivity contribution in [1.29, 1.82) is 5.26 Å². The Morgan fingerprint density at radius 2 is 1.50 bits per heavy atom. The van der Waals surface area contributed by atoms with Gasteiger partial charge in [-0.15, -0.1) is 0 Å². The van der Waals surface area contributed by atoms with E-state index in [1.807, 2.05) is 37.5 Å². The molecule has 30 heavy (non-hydrogen) atoms. The molecule has 0 aliphatic heterocycles. The van der Waals surface area contributed by atoms with Crippen molar-refractivity contribution >= 4 is 21.9 Å². The van der Waals surface area contributed by atoms with E-state index in [1.54, 1.807) is 0 Å². The number of fused-ring (bicyclic) bond motifs is 3. The van der Waals surface area contributed by atoms with Crippen molar-refractivity contribution in [3.8, 4) is 28.5 Å². The van der Waals surface area contributed by atoms with Crippen LogP contribution in [-0.4, -0.2) is 0 Å². The topological polar surface area (TPSA) is 40.8 Å². The van der Waals surface area contributed by atoms with Gasteiger partial charge in [0.1, 0.15) is 18.2 Å². The van der Waals surface area contributed by atoms with Crippen LogP contribution < -0.4 is 4.57 Å². The maximum atomic E-state index is 9.79. The maximum absolute atomic E-state index is 9.79. The first-order valence-electron chi connectivity index (χ1n) is 9.99. The van der Waals surface area contributed by atoms with Gasteiger partial charge in [0, 0.05) is 28.5 Å². The van der Waals surface area contributed by atoms with Gasteiger partial charge < -0.3 is 4.42 Å². The molecular formula is C27H21N2O+. The van der Waals surface area contributed by atoms with Crippen molar-refractivity contribution in [3.63, 3.8) is 0 Å². The number of aryl methyl sites for hydroxylation is 3. The Balaban J connectivity index is 1.92. The summed E-state index contributed by atoms with van der Waals surface area (Å²) in [7, 11) is 2.04. The Morgan fingerprint density at radius 1 is 0.800 bits per heavy atom. The molecule has 3 aromatic carbocycles. The molecule has 2 aromatic heterocycles. The highest BCUT2D eigenvalue weighted by molar-refractivity contribution is 6.13. The predicted molar refractivity (Wildman–Crippen MR) is 120 cm³/mol. The van der Waals surface area contributed by atoms with E-state index in [1.165, 1.54) is 5.56 Å². The molecule has 2 heterocycles. The molecular weight excluding hydrogens is 368 g/mol. The third kappa shape index (κ3) is 2.69. The van der Waals surface area contributed by atoms with Crippen LogP contribution in [0.5, 0.6) is 0 Å². The minimum absolute atomic E-state index is 0.619. The van der Waals surface area contributed by atoms with E-state index in [9.17, 15) is 5.26 Å². The highest BCUT2D eigenvalue weighted by Gasteiger charge is 2.22. The first-order chi connectivity index (χ1) is 14.6. The van der Waals surface area contributed by atoms with Gasteiger partial charge in [-0.25, -0.2) is 4.57 Å². The number of rotatable bonds is 2. The first kappa shape index (κ1) is 18.1. The quantitative estimate of drug-likeness (QED) is 0.336. The molecule has 0 N–H and O–H groups in total. The van der Waals surface area contributed by atoms with Gasteiger partial charge in [0.05, 0.1) is 17.2 Å². The summed E-state index contributed by atoms with van der Waals surface area (Å²) in [5.74, 6) is 0. The molecule has 3 nitrogen and oxygen atoms in total. The average Bonchev–Trinajstić information content (AvgIpc) is 3.13. The second-order valence-electron chi connectivity index (χ2n) is 7.78. The number of hydrogen-bond acceptors (Lipinski definition) is 2. The lowest BCUT2D eigenvalue weighted by Crippen LogP contribution is -2.30. The van der Waals surface area contributed by atoms with Gasteiger partial charge in [-0.05, 0) is 43.2 Å². The van der Waals surface area contributed by atoms with Gasteiger partial charge >= 0.3 is 0 Å². The smallest absolute Gasteiger partial charge is 0.216 e. The zero-order valence-corrected chi connectivity index (χ0v) is 17.2. The van der Waals surface area contributed by atoms with Crippen molar-refractivity contribution in [1.82, 2.24) is 0 Å². The molecule has 0 aliphatic rings. The Bertz CT molecular complexity index is 1470. The van der Waals surface area contributed by atoms with Crippen LogP contribution in [0.25, 0.3) is 44.3 Å². The molecule has 5 rings (SSSR count). The van der Waals surface area contributed by atoms with E-state index in [4.69, 9.17) is 4.42 Å². The Morgan fingerprint density at radius 3 is 2.20 bits per heavy atom. The second-order valence-corrected chi connectivity index (χ2v) is 7.78. The molecule has 0 atom stereocenters. The fourth-order valence-corrected chi connectivity index (χ4v) is 4.20. The van der Waals surface area contributed by atoms with Crippen LogP contribution in [0.2, 0.25) is 0 Å². The summed E-state index contributed by atoms with van der Waals surface area (Å²) < 4.78 is 8.68. The monoisotopic (exact) mass is 389 g/mol. The lowest BCUT2D eigenvalue weighted by Gasteiger charge is -2.06. The molecule has 0 saturated carbocycles. The molecule has 0 aliphatic carbocycles. The first-order valence-corrected chi connectivity index (χ1v) is 9.99. The molecule has 0 saturated heterocycles. The summed E-state index contributed by atoms with van der Waals surface area (Å²) in [4.78, 5) is 0. The lowest BCUT2D eigenvalue weighted by molar-refractivity contribution is -0.660. The number of benzene rings is 3. The van der Waals surface area contributed by atoms with Crippen LogP contribution in [0.15, 0.2) is 77.3 Å². The summed E-state index contributed by atoms with van der Waals surface area (Å²) in [6, 6.07) is 24.9. The molecule has 0 amide bonds. The van der Waals surface area contributed by atoms with Crippen molar-refractivity contribution in [3.05, 3.63) is 89.6 Å². The number of nitriles is 1. The Hall–Kier alpha value is -3.90. The number of furan rings is 1. The van der Waals surface area contributed by atoms with Gasteiger partial charge in [0.25, 0.3) is 0 Å². The number of nitrogens with zero attached hydrogens (tertiary/aromatic N) is 2. The molecule has 0 radical (unpaired) electrons. The van der Waals surface area contributed by atoms with E-state index in [0.29, 0.717) is 5.56 Å². The van der Waals surface area contributed by atoms with E-state index in [2.05, 4.69) is 66.9 Å². The Kier molecular flexibility index (Phi) is 4.15. The normalized spacial score (nSPS) is 11.1. The molecule has 144 valence electrons. The third-order valence-electron chi connectivity index (χ3n) is 5.79. The standard InChI is InChI=1S/C27H21N2O/c1-17-7-10-19(11-8-17)25-20(16-28)12-14-22-21-13-9-18(2)24(26(21)30-27(22)25)23-6-4-5-15-29(23)3/h4-15H,1-3H3/q+1. The molecule has 5 aromatic rings.